The Balaban J connectivity index is 1.35. The number of ether oxygens (including phenoxy) is 1. The summed E-state index contributed by atoms with van der Waals surface area (Å²) in [5.74, 6) is 1.59. The van der Waals surface area contributed by atoms with Crippen LogP contribution >= 0.6 is 0 Å². The molecule has 1 aromatic carbocycles. The molecule has 0 amide bonds. The molecular formula is C26H38N6O. The molecule has 2 heterocycles. The molecule has 0 saturated heterocycles. The van der Waals surface area contributed by atoms with Gasteiger partial charge in [-0.1, -0.05) is 25.0 Å². The summed E-state index contributed by atoms with van der Waals surface area (Å²) < 4.78 is 5.09. The molecular weight excluding hydrogens is 412 g/mol. The number of fused-ring (bicyclic) bond motifs is 1. The molecule has 178 valence electrons. The van der Waals surface area contributed by atoms with Gasteiger partial charge >= 0.3 is 0 Å². The number of pyridine rings is 1. The van der Waals surface area contributed by atoms with Gasteiger partial charge in [-0.25, -0.2) is 4.98 Å². The van der Waals surface area contributed by atoms with E-state index in [1.165, 1.54) is 23.8 Å². The summed E-state index contributed by atoms with van der Waals surface area (Å²) in [6.45, 7) is 7.65. The maximum Gasteiger partial charge on any atom is 0.224 e. The van der Waals surface area contributed by atoms with E-state index in [0.29, 0.717) is 5.95 Å². The molecule has 3 aromatic rings. The fourth-order valence-electron chi connectivity index (χ4n) is 3.77. The average Bonchev–Trinajstić information content (AvgIpc) is 2.80. The minimum Gasteiger partial charge on any atom is -0.385 e. The molecule has 3 N–H and O–H groups in total. The third kappa shape index (κ3) is 8.50. The van der Waals surface area contributed by atoms with Gasteiger partial charge in [-0.2, -0.15) is 4.98 Å². The summed E-state index contributed by atoms with van der Waals surface area (Å²) in [7, 11) is 1.75. The van der Waals surface area contributed by atoms with Gasteiger partial charge in [-0.05, 0) is 57.2 Å². The van der Waals surface area contributed by atoms with Crippen molar-refractivity contribution in [2.75, 3.05) is 49.3 Å². The number of aromatic nitrogens is 3. The third-order valence-corrected chi connectivity index (χ3v) is 5.54. The van der Waals surface area contributed by atoms with Crippen LogP contribution < -0.4 is 16.0 Å². The summed E-state index contributed by atoms with van der Waals surface area (Å²) >= 11 is 0. The van der Waals surface area contributed by atoms with E-state index in [0.717, 1.165) is 74.6 Å². The van der Waals surface area contributed by atoms with Crippen molar-refractivity contribution in [2.45, 2.75) is 52.4 Å². The maximum absolute atomic E-state index is 5.09. The van der Waals surface area contributed by atoms with Crippen LogP contribution in [0.1, 0.15) is 49.8 Å². The Kier molecular flexibility index (Phi) is 10.2. The van der Waals surface area contributed by atoms with E-state index in [1.54, 1.807) is 7.11 Å². The van der Waals surface area contributed by atoms with Crippen molar-refractivity contribution in [3.63, 3.8) is 0 Å². The Morgan fingerprint density at radius 1 is 0.788 bits per heavy atom. The van der Waals surface area contributed by atoms with Gasteiger partial charge in [-0.15, -0.1) is 0 Å². The number of hydrogen-bond donors (Lipinski definition) is 3. The SMILES string of the molecule is COCCCCCCNc1nc(C)cc(NCCCCNc2ccnc3cc(C)ccc23)n1. The van der Waals surface area contributed by atoms with Crippen LogP contribution in [0, 0.1) is 13.8 Å². The number of anilines is 3. The number of methoxy groups -OCH3 is 1. The van der Waals surface area contributed by atoms with Crippen molar-refractivity contribution in [2.24, 2.45) is 0 Å². The van der Waals surface area contributed by atoms with Gasteiger partial charge in [0.15, 0.2) is 0 Å². The first-order chi connectivity index (χ1) is 16.2. The van der Waals surface area contributed by atoms with Crippen molar-refractivity contribution in [1.29, 1.82) is 0 Å². The van der Waals surface area contributed by atoms with E-state index in [1.807, 2.05) is 25.3 Å². The Morgan fingerprint density at radius 3 is 2.39 bits per heavy atom. The van der Waals surface area contributed by atoms with E-state index in [4.69, 9.17) is 4.74 Å². The first-order valence-electron chi connectivity index (χ1n) is 12.1. The molecule has 0 aliphatic carbocycles. The van der Waals surface area contributed by atoms with E-state index < -0.39 is 0 Å². The predicted octanol–water partition coefficient (Wildman–Crippen LogP) is 5.56. The van der Waals surface area contributed by atoms with Gasteiger partial charge in [0.1, 0.15) is 5.82 Å². The van der Waals surface area contributed by atoms with E-state index in [2.05, 4.69) is 56.0 Å². The normalized spacial score (nSPS) is 11.0. The quantitative estimate of drug-likeness (QED) is 0.261. The average molecular weight is 451 g/mol. The van der Waals surface area contributed by atoms with Crippen LogP contribution in [0.5, 0.6) is 0 Å². The van der Waals surface area contributed by atoms with Crippen molar-refractivity contribution in [3.8, 4) is 0 Å². The Labute approximate surface area is 197 Å². The minimum atomic E-state index is 0.705. The largest absolute Gasteiger partial charge is 0.385 e. The van der Waals surface area contributed by atoms with Crippen molar-refractivity contribution >= 4 is 28.4 Å². The van der Waals surface area contributed by atoms with Crippen LogP contribution in [0.15, 0.2) is 36.5 Å². The fourth-order valence-corrected chi connectivity index (χ4v) is 3.77. The number of hydrogen-bond acceptors (Lipinski definition) is 7. The Hall–Kier alpha value is -2.93. The number of nitrogens with one attached hydrogen (secondary N) is 3. The van der Waals surface area contributed by atoms with Gasteiger partial charge < -0.3 is 20.7 Å². The molecule has 0 spiro atoms. The molecule has 0 bridgehead atoms. The van der Waals surface area contributed by atoms with Crippen LogP contribution in [-0.4, -0.2) is 48.3 Å². The van der Waals surface area contributed by atoms with E-state index in [9.17, 15) is 0 Å². The van der Waals surface area contributed by atoms with Gasteiger partial charge in [0, 0.05) is 62.4 Å². The van der Waals surface area contributed by atoms with Crippen molar-refractivity contribution < 1.29 is 4.74 Å². The third-order valence-electron chi connectivity index (χ3n) is 5.54. The zero-order valence-electron chi connectivity index (χ0n) is 20.3. The molecule has 0 saturated carbocycles. The highest BCUT2D eigenvalue weighted by Crippen LogP contribution is 2.22. The lowest BCUT2D eigenvalue weighted by Gasteiger charge is -2.11. The minimum absolute atomic E-state index is 0.705. The molecule has 7 heteroatoms. The van der Waals surface area contributed by atoms with Gasteiger partial charge in [0.2, 0.25) is 5.95 Å². The van der Waals surface area contributed by atoms with Crippen LogP contribution in [0.3, 0.4) is 0 Å². The number of unbranched alkanes of at least 4 members (excludes halogenated alkanes) is 4. The highest BCUT2D eigenvalue weighted by Gasteiger charge is 2.03. The molecule has 2 aromatic heterocycles. The molecule has 33 heavy (non-hydrogen) atoms. The summed E-state index contributed by atoms with van der Waals surface area (Å²) in [6.07, 6.45) is 8.63. The number of rotatable bonds is 15. The van der Waals surface area contributed by atoms with E-state index >= 15 is 0 Å². The van der Waals surface area contributed by atoms with Gasteiger partial charge in [-0.3, -0.25) is 4.98 Å². The maximum atomic E-state index is 5.09. The summed E-state index contributed by atoms with van der Waals surface area (Å²) in [4.78, 5) is 13.6. The van der Waals surface area contributed by atoms with Crippen LogP contribution in [0.25, 0.3) is 10.9 Å². The molecule has 0 radical (unpaired) electrons. The molecule has 0 aliphatic heterocycles. The number of benzene rings is 1. The monoisotopic (exact) mass is 450 g/mol. The zero-order valence-corrected chi connectivity index (χ0v) is 20.3. The lowest BCUT2D eigenvalue weighted by atomic mass is 10.1. The van der Waals surface area contributed by atoms with Gasteiger partial charge in [0.25, 0.3) is 0 Å². The van der Waals surface area contributed by atoms with Crippen LogP contribution in [0.2, 0.25) is 0 Å². The number of nitrogens with zero attached hydrogens (tertiary/aromatic N) is 3. The highest BCUT2D eigenvalue weighted by molar-refractivity contribution is 5.91. The molecule has 0 fully saturated rings. The first kappa shape index (κ1) is 24.7. The second kappa shape index (κ2) is 13.6. The van der Waals surface area contributed by atoms with Crippen LogP contribution in [0.4, 0.5) is 17.5 Å². The molecule has 3 rings (SSSR count). The smallest absolute Gasteiger partial charge is 0.224 e. The second-order valence-electron chi connectivity index (χ2n) is 8.49. The number of aryl methyl sites for hydroxylation is 2. The fraction of sp³-hybridized carbons (Fsp3) is 0.500. The lowest BCUT2D eigenvalue weighted by Crippen LogP contribution is -2.11. The van der Waals surface area contributed by atoms with Crippen molar-refractivity contribution in [3.05, 3.63) is 47.8 Å². The molecule has 0 atom stereocenters. The Morgan fingerprint density at radius 2 is 1.55 bits per heavy atom. The lowest BCUT2D eigenvalue weighted by molar-refractivity contribution is 0.192. The topological polar surface area (TPSA) is 84.0 Å². The summed E-state index contributed by atoms with van der Waals surface area (Å²) in [6, 6.07) is 10.5. The summed E-state index contributed by atoms with van der Waals surface area (Å²) in [5.41, 5.74) is 4.39. The first-order valence-corrected chi connectivity index (χ1v) is 12.1. The zero-order chi connectivity index (χ0) is 23.3. The highest BCUT2D eigenvalue weighted by atomic mass is 16.5. The second-order valence-corrected chi connectivity index (χ2v) is 8.49. The standard InChI is InChI=1S/C26H38N6O/c1-20-10-11-22-23(12-16-28-24(22)18-20)27-13-7-8-14-29-25-19-21(2)31-26(32-25)30-15-6-4-5-9-17-33-3/h10-12,16,18-19H,4-9,13-15,17H2,1-3H3,(H,27,28)(H2,29,30,31,32). The van der Waals surface area contributed by atoms with Crippen LogP contribution in [-0.2, 0) is 4.74 Å². The predicted molar refractivity (Wildman–Crippen MR) is 138 cm³/mol. The van der Waals surface area contributed by atoms with E-state index in [-0.39, 0.29) is 0 Å². The molecule has 7 nitrogen and oxygen atoms in total. The van der Waals surface area contributed by atoms with Gasteiger partial charge in [0.05, 0.1) is 5.52 Å². The molecule has 0 aliphatic rings. The van der Waals surface area contributed by atoms with Crippen molar-refractivity contribution in [1.82, 2.24) is 15.0 Å². The summed E-state index contributed by atoms with van der Waals surface area (Å²) in [5, 5.41) is 11.5. The Bertz CT molecular complexity index is 994. The molecule has 0 unspecified atom stereocenters.